The van der Waals surface area contributed by atoms with Crippen LogP contribution in [-0.4, -0.2) is 44.9 Å². The van der Waals surface area contributed by atoms with Crippen LogP contribution in [0.2, 0.25) is 0 Å². The molecule has 0 atom stereocenters. The normalized spacial score (nSPS) is 14.9. The lowest BCUT2D eigenvalue weighted by atomic mass is 9.76. The van der Waals surface area contributed by atoms with Crippen LogP contribution < -0.4 is 11.4 Å². The van der Waals surface area contributed by atoms with Crippen molar-refractivity contribution in [1.82, 2.24) is 19.1 Å². The first-order valence-electron chi connectivity index (χ1n) is 13.7. The number of nitrogen functional groups attached to an aromatic ring is 1. The first-order valence-corrected chi connectivity index (χ1v) is 13.7. The maximum Gasteiger partial charge on any atom is 0.419 e. The number of aryl methyl sites for hydroxylation is 1. The molecular formula is C31H26F3N7O3. The van der Waals surface area contributed by atoms with Crippen LogP contribution >= 0.6 is 0 Å². The summed E-state index contributed by atoms with van der Waals surface area (Å²) in [6.45, 7) is 2.82. The second-order valence-corrected chi connectivity index (χ2v) is 10.6. The third-order valence-electron chi connectivity index (χ3n) is 7.90. The number of ether oxygens (including phenoxy) is 2. The molecule has 4 heterocycles. The number of esters is 1. The number of nitrogens with zero attached hydrogens (tertiary/aromatic N) is 6. The molecule has 0 spiro atoms. The number of rotatable bonds is 6. The van der Waals surface area contributed by atoms with Crippen molar-refractivity contribution in [3.8, 4) is 23.0 Å². The third kappa shape index (κ3) is 4.83. The molecule has 13 heteroatoms. The quantitative estimate of drug-likeness (QED) is 0.219. The fourth-order valence-corrected chi connectivity index (χ4v) is 5.63. The molecule has 0 bridgehead atoms. The van der Waals surface area contributed by atoms with Gasteiger partial charge in [0, 0.05) is 29.9 Å². The number of alkyl halides is 3. The maximum absolute atomic E-state index is 13.6. The summed E-state index contributed by atoms with van der Waals surface area (Å²) in [6, 6.07) is 13.6. The highest BCUT2D eigenvalue weighted by Gasteiger charge is 2.42. The zero-order valence-corrected chi connectivity index (χ0v) is 23.7. The summed E-state index contributed by atoms with van der Waals surface area (Å²) in [5.41, 5.74) is 8.48. The highest BCUT2D eigenvalue weighted by molar-refractivity contribution is 6.04. The van der Waals surface area contributed by atoms with Crippen molar-refractivity contribution in [3.05, 3.63) is 77.7 Å². The zero-order chi connectivity index (χ0) is 31.2. The van der Waals surface area contributed by atoms with Crippen LogP contribution in [0.25, 0.3) is 38.8 Å². The van der Waals surface area contributed by atoms with Crippen molar-refractivity contribution >= 4 is 33.7 Å². The number of hydrogen-bond acceptors (Lipinski definition) is 8. The lowest BCUT2D eigenvalue weighted by molar-refractivity contribution is -0.151. The molecule has 44 heavy (non-hydrogen) atoms. The Morgan fingerprint density at radius 2 is 1.89 bits per heavy atom. The van der Waals surface area contributed by atoms with Gasteiger partial charge in [-0.1, -0.05) is 18.2 Å². The molecule has 3 aromatic heterocycles. The number of fused-ring (bicyclic) bond motifs is 3. The lowest BCUT2D eigenvalue weighted by Crippen LogP contribution is -2.48. The average molecular weight is 602 g/mol. The first-order chi connectivity index (χ1) is 21.1. The molecular weight excluding hydrogens is 575 g/mol. The van der Waals surface area contributed by atoms with Gasteiger partial charge < -0.3 is 19.8 Å². The Hall–Kier alpha value is -5.22. The molecule has 10 nitrogen and oxygen atoms in total. The Morgan fingerprint density at radius 3 is 2.52 bits per heavy atom. The van der Waals surface area contributed by atoms with Crippen molar-refractivity contribution in [2.75, 3.05) is 25.6 Å². The van der Waals surface area contributed by atoms with E-state index in [-0.39, 0.29) is 18.0 Å². The average Bonchev–Trinajstić information content (AvgIpc) is 3.26. The number of hydrogen-bond donors (Lipinski definition) is 1. The third-order valence-corrected chi connectivity index (χ3v) is 7.90. The Bertz CT molecular complexity index is 2040. The second-order valence-electron chi connectivity index (χ2n) is 10.6. The summed E-state index contributed by atoms with van der Waals surface area (Å²) in [5, 5.41) is 10.2. The van der Waals surface area contributed by atoms with Crippen LogP contribution in [0.4, 0.5) is 19.0 Å². The van der Waals surface area contributed by atoms with Crippen molar-refractivity contribution < 1.29 is 27.4 Å². The highest BCUT2D eigenvalue weighted by atomic mass is 19.4. The minimum Gasteiger partial charge on any atom is -0.466 e. The predicted molar refractivity (Wildman–Crippen MR) is 155 cm³/mol. The number of halogens is 3. The van der Waals surface area contributed by atoms with Gasteiger partial charge in [0.2, 0.25) is 11.8 Å². The number of nitrogens with two attached hydrogens (primary N) is 1. The van der Waals surface area contributed by atoms with E-state index >= 15 is 0 Å². The van der Waals surface area contributed by atoms with Crippen LogP contribution in [0, 0.1) is 11.5 Å². The monoisotopic (exact) mass is 601 g/mol. The summed E-state index contributed by atoms with van der Waals surface area (Å²) < 4.78 is 54.9. The maximum atomic E-state index is 13.6. The topological polar surface area (TPSA) is 133 Å². The second kappa shape index (κ2) is 10.8. The van der Waals surface area contributed by atoms with Gasteiger partial charge in [0.1, 0.15) is 5.82 Å². The molecule has 1 saturated heterocycles. The summed E-state index contributed by atoms with van der Waals surface area (Å²) in [7, 11) is 1.75. The van der Waals surface area contributed by atoms with E-state index in [2.05, 4.69) is 15.0 Å². The van der Waals surface area contributed by atoms with Gasteiger partial charge in [-0.05, 0) is 48.4 Å². The predicted octanol–water partition coefficient (Wildman–Crippen LogP) is 4.78. The molecule has 0 saturated carbocycles. The van der Waals surface area contributed by atoms with Gasteiger partial charge in [0.15, 0.2) is 0 Å². The lowest BCUT2D eigenvalue weighted by Gasteiger charge is -2.41. The number of carbonyl (C=O) groups is 1. The van der Waals surface area contributed by atoms with Crippen LogP contribution in [0.3, 0.4) is 0 Å². The Balaban J connectivity index is 1.53. The minimum atomic E-state index is -4.67. The van der Waals surface area contributed by atoms with Crippen LogP contribution in [0.1, 0.15) is 24.5 Å². The Labute approximate surface area is 248 Å². The van der Waals surface area contributed by atoms with E-state index in [1.807, 2.05) is 30.5 Å². The summed E-state index contributed by atoms with van der Waals surface area (Å²) in [5.74, 6) is -0.900. The van der Waals surface area contributed by atoms with Crippen LogP contribution in [-0.2, 0) is 32.9 Å². The minimum absolute atomic E-state index is 0.186. The number of anilines is 1. The van der Waals surface area contributed by atoms with Crippen molar-refractivity contribution in [2.24, 2.45) is 12.0 Å². The Kier molecular flexibility index (Phi) is 7.09. The van der Waals surface area contributed by atoms with Crippen molar-refractivity contribution in [2.45, 2.75) is 24.9 Å². The van der Waals surface area contributed by atoms with Gasteiger partial charge in [-0.2, -0.15) is 18.4 Å². The largest absolute Gasteiger partial charge is 0.466 e. The molecule has 1 aliphatic rings. The number of imidazole rings is 1. The van der Waals surface area contributed by atoms with E-state index in [4.69, 9.17) is 15.2 Å². The van der Waals surface area contributed by atoms with E-state index in [9.17, 15) is 23.2 Å². The summed E-state index contributed by atoms with van der Waals surface area (Å²) in [6.07, 6.45) is 0.337. The van der Waals surface area contributed by atoms with Gasteiger partial charge >= 0.3 is 12.1 Å². The van der Waals surface area contributed by atoms with Gasteiger partial charge in [0.25, 0.3) is 0 Å². The Morgan fingerprint density at radius 1 is 1.14 bits per heavy atom. The molecule has 0 aliphatic carbocycles. The molecule has 0 unspecified atom stereocenters. The van der Waals surface area contributed by atoms with E-state index in [1.165, 1.54) is 6.20 Å². The number of pyridine rings is 2. The fourth-order valence-electron chi connectivity index (χ4n) is 5.63. The van der Waals surface area contributed by atoms with E-state index < -0.39 is 23.0 Å². The van der Waals surface area contributed by atoms with Crippen molar-refractivity contribution in [1.29, 1.82) is 5.26 Å². The fraction of sp³-hybridized carbons (Fsp3) is 0.258. The smallest absolute Gasteiger partial charge is 0.419 e. The zero-order valence-electron chi connectivity index (χ0n) is 23.7. The molecule has 1 fully saturated rings. The first kappa shape index (κ1) is 28.9. The molecule has 2 N–H and O–H groups in total. The molecule has 224 valence electrons. The summed E-state index contributed by atoms with van der Waals surface area (Å²) in [4.78, 5) is 24.7. The SMILES string of the molecule is CCOC(=O)CC1(c2ccc(-n3c(=NC#N)n(C)c4cnc5ccc(-c6cnc(N)c(C(F)(F)F)c6)cc5c43)cc2)COC1. The van der Waals surface area contributed by atoms with Gasteiger partial charge in [-0.15, -0.1) is 4.99 Å². The molecule has 0 radical (unpaired) electrons. The van der Waals surface area contributed by atoms with E-state index in [0.717, 1.165) is 11.6 Å². The number of benzene rings is 2. The number of nitriles is 1. The molecule has 1 aliphatic heterocycles. The highest BCUT2D eigenvalue weighted by Crippen LogP contribution is 2.38. The van der Waals surface area contributed by atoms with Gasteiger partial charge in [-0.25, -0.2) is 4.98 Å². The molecule has 6 rings (SSSR count). The van der Waals surface area contributed by atoms with E-state index in [0.29, 0.717) is 58.6 Å². The molecule has 0 amide bonds. The number of aromatic nitrogens is 4. The number of carbonyl (C=O) groups excluding carboxylic acids is 1. The van der Waals surface area contributed by atoms with Gasteiger partial charge in [-0.3, -0.25) is 14.3 Å². The van der Waals surface area contributed by atoms with Crippen molar-refractivity contribution in [3.63, 3.8) is 0 Å². The van der Waals surface area contributed by atoms with Crippen LogP contribution in [0.15, 0.2) is 65.9 Å². The van der Waals surface area contributed by atoms with E-state index in [1.54, 1.807) is 47.5 Å². The summed E-state index contributed by atoms with van der Waals surface area (Å²) >= 11 is 0. The van der Waals surface area contributed by atoms with Gasteiger partial charge in [0.05, 0.1) is 60.0 Å². The standard InChI is InChI=1S/C31H26F3N7O3/c1-3-44-26(42)12-30(15-43-16-30)20-5-7-21(8-6-20)41-27-22-10-18(19-11-23(31(32,33)34)28(36)38-13-19)4-9-24(22)37-14-25(27)40(2)29(41)39-17-35/h4-11,13-14H,3,12,15-16H2,1-2H3,(H2,36,38). The van der Waals surface area contributed by atoms with Crippen LogP contribution in [0.5, 0.6) is 0 Å². The molecule has 5 aromatic rings. The molecule has 2 aromatic carbocycles.